The summed E-state index contributed by atoms with van der Waals surface area (Å²) in [7, 11) is 0. The zero-order chi connectivity index (χ0) is 23.1. The second-order valence-electron chi connectivity index (χ2n) is 8.09. The van der Waals surface area contributed by atoms with E-state index in [9.17, 15) is 4.79 Å². The Balaban J connectivity index is 1.47. The summed E-state index contributed by atoms with van der Waals surface area (Å²) in [6.07, 6.45) is 3.48. The SMILES string of the molecule is CC1C(=O)N(c2ccccc2)c2cnc(Nc3ccc4[nH]ncc4c3)nc2N1c1ccccc1. The Kier molecular flexibility index (Phi) is 4.69. The average molecular weight is 448 g/mol. The van der Waals surface area contributed by atoms with E-state index in [0.29, 0.717) is 17.5 Å². The van der Waals surface area contributed by atoms with Gasteiger partial charge in [0.15, 0.2) is 5.82 Å². The first-order valence-electron chi connectivity index (χ1n) is 11.0. The fourth-order valence-electron chi connectivity index (χ4n) is 4.29. The molecule has 6 rings (SSSR count). The van der Waals surface area contributed by atoms with Gasteiger partial charge in [-0.05, 0) is 49.4 Å². The quantitative estimate of drug-likeness (QED) is 0.389. The van der Waals surface area contributed by atoms with Gasteiger partial charge in [-0.2, -0.15) is 10.1 Å². The molecule has 0 aliphatic carbocycles. The van der Waals surface area contributed by atoms with Crippen LogP contribution in [-0.4, -0.2) is 32.1 Å². The van der Waals surface area contributed by atoms with E-state index in [1.54, 1.807) is 17.3 Å². The third-order valence-corrected chi connectivity index (χ3v) is 5.93. The largest absolute Gasteiger partial charge is 0.324 e. The highest BCUT2D eigenvalue weighted by atomic mass is 16.2. The maximum absolute atomic E-state index is 13.6. The number of amides is 1. The van der Waals surface area contributed by atoms with Crippen molar-refractivity contribution < 1.29 is 4.79 Å². The molecule has 0 fully saturated rings. The van der Waals surface area contributed by atoms with Crippen molar-refractivity contribution in [3.63, 3.8) is 0 Å². The molecule has 1 amide bonds. The maximum Gasteiger partial charge on any atom is 0.254 e. The minimum atomic E-state index is -0.458. The Morgan fingerprint density at radius 1 is 0.912 bits per heavy atom. The second-order valence-corrected chi connectivity index (χ2v) is 8.09. The lowest BCUT2D eigenvalue weighted by Crippen LogP contribution is -2.48. The minimum Gasteiger partial charge on any atom is -0.324 e. The zero-order valence-electron chi connectivity index (χ0n) is 18.4. The Morgan fingerprint density at radius 2 is 1.65 bits per heavy atom. The van der Waals surface area contributed by atoms with Crippen molar-refractivity contribution in [2.45, 2.75) is 13.0 Å². The Morgan fingerprint density at radius 3 is 2.41 bits per heavy atom. The van der Waals surface area contributed by atoms with Crippen LogP contribution in [0.15, 0.2) is 91.3 Å². The molecular formula is C26H21N7O. The summed E-state index contributed by atoms with van der Waals surface area (Å²) < 4.78 is 0. The van der Waals surface area contributed by atoms with E-state index < -0.39 is 6.04 Å². The molecule has 1 unspecified atom stereocenters. The predicted octanol–water partition coefficient (Wildman–Crippen LogP) is 5.30. The molecule has 1 aliphatic rings. The van der Waals surface area contributed by atoms with Crippen LogP contribution in [-0.2, 0) is 4.79 Å². The van der Waals surface area contributed by atoms with Crippen molar-refractivity contribution >= 4 is 51.3 Å². The highest BCUT2D eigenvalue weighted by Gasteiger charge is 2.38. The first-order valence-corrected chi connectivity index (χ1v) is 11.0. The molecule has 8 heteroatoms. The summed E-state index contributed by atoms with van der Waals surface area (Å²) in [5, 5.41) is 11.3. The molecule has 34 heavy (non-hydrogen) atoms. The van der Waals surface area contributed by atoms with Crippen molar-refractivity contribution in [1.29, 1.82) is 0 Å². The average Bonchev–Trinajstić information content (AvgIpc) is 3.34. The number of H-pyrrole nitrogens is 1. The van der Waals surface area contributed by atoms with Gasteiger partial charge in [-0.3, -0.25) is 14.8 Å². The van der Waals surface area contributed by atoms with Gasteiger partial charge in [0.2, 0.25) is 5.95 Å². The smallest absolute Gasteiger partial charge is 0.254 e. The van der Waals surface area contributed by atoms with Crippen molar-refractivity contribution in [2.75, 3.05) is 15.1 Å². The van der Waals surface area contributed by atoms with Crippen LogP contribution in [0.4, 0.5) is 34.5 Å². The second kappa shape index (κ2) is 8.00. The van der Waals surface area contributed by atoms with Crippen molar-refractivity contribution in [3.05, 3.63) is 91.3 Å². The van der Waals surface area contributed by atoms with Crippen LogP contribution in [0.2, 0.25) is 0 Å². The number of anilines is 6. The van der Waals surface area contributed by atoms with Crippen LogP contribution in [0.1, 0.15) is 6.92 Å². The van der Waals surface area contributed by atoms with E-state index in [-0.39, 0.29) is 5.91 Å². The summed E-state index contributed by atoms with van der Waals surface area (Å²) >= 11 is 0. The lowest BCUT2D eigenvalue weighted by Gasteiger charge is -2.40. The molecule has 0 spiro atoms. The summed E-state index contributed by atoms with van der Waals surface area (Å²) in [4.78, 5) is 26.6. The molecule has 0 saturated carbocycles. The molecular weight excluding hydrogens is 426 g/mol. The number of benzene rings is 3. The molecule has 3 heterocycles. The van der Waals surface area contributed by atoms with Gasteiger partial charge in [0, 0.05) is 22.4 Å². The number of nitrogens with zero attached hydrogens (tertiary/aromatic N) is 5. The molecule has 5 aromatic rings. The summed E-state index contributed by atoms with van der Waals surface area (Å²) in [6, 6.07) is 24.8. The van der Waals surface area contributed by atoms with Gasteiger partial charge in [-0.1, -0.05) is 36.4 Å². The molecule has 0 radical (unpaired) electrons. The highest BCUT2D eigenvalue weighted by Crippen LogP contribution is 2.42. The van der Waals surface area contributed by atoms with Gasteiger partial charge in [-0.25, -0.2) is 4.98 Å². The van der Waals surface area contributed by atoms with Gasteiger partial charge >= 0.3 is 0 Å². The van der Waals surface area contributed by atoms with Gasteiger partial charge in [-0.15, -0.1) is 0 Å². The number of aromatic nitrogens is 4. The number of aromatic amines is 1. The zero-order valence-corrected chi connectivity index (χ0v) is 18.4. The van der Waals surface area contributed by atoms with Gasteiger partial charge in [0.25, 0.3) is 5.91 Å². The van der Waals surface area contributed by atoms with Crippen LogP contribution < -0.4 is 15.1 Å². The van der Waals surface area contributed by atoms with Crippen LogP contribution in [0.5, 0.6) is 0 Å². The fraction of sp³-hybridized carbons (Fsp3) is 0.0769. The Bertz CT molecular complexity index is 1480. The van der Waals surface area contributed by atoms with Crippen LogP contribution in [0.3, 0.4) is 0 Å². The molecule has 0 saturated heterocycles. The molecule has 8 nitrogen and oxygen atoms in total. The molecule has 2 N–H and O–H groups in total. The molecule has 166 valence electrons. The summed E-state index contributed by atoms with van der Waals surface area (Å²) in [6.45, 7) is 1.90. The number of rotatable bonds is 4. The lowest BCUT2D eigenvalue weighted by atomic mass is 10.1. The number of para-hydroxylation sites is 2. The molecule has 0 bridgehead atoms. The Labute approximate surface area is 195 Å². The fourth-order valence-corrected chi connectivity index (χ4v) is 4.29. The first kappa shape index (κ1) is 19.9. The third kappa shape index (κ3) is 3.32. The topological polar surface area (TPSA) is 90.0 Å². The normalized spacial score (nSPS) is 15.4. The number of hydrogen-bond donors (Lipinski definition) is 2. The number of hydrogen-bond acceptors (Lipinski definition) is 6. The molecule has 1 atom stereocenters. The number of carbonyl (C=O) groups excluding carboxylic acids is 1. The first-order chi connectivity index (χ1) is 16.7. The third-order valence-electron chi connectivity index (χ3n) is 5.93. The minimum absolute atomic E-state index is 0.0442. The highest BCUT2D eigenvalue weighted by molar-refractivity contribution is 6.11. The summed E-state index contributed by atoms with van der Waals surface area (Å²) in [5.74, 6) is 1.05. The summed E-state index contributed by atoms with van der Waals surface area (Å²) in [5.41, 5.74) is 4.11. The lowest BCUT2D eigenvalue weighted by molar-refractivity contribution is -0.118. The van der Waals surface area contributed by atoms with Gasteiger partial charge < -0.3 is 10.2 Å². The Hall–Kier alpha value is -4.72. The van der Waals surface area contributed by atoms with Crippen LogP contribution in [0.25, 0.3) is 10.9 Å². The van der Waals surface area contributed by atoms with Gasteiger partial charge in [0.1, 0.15) is 11.7 Å². The van der Waals surface area contributed by atoms with Crippen LogP contribution >= 0.6 is 0 Å². The van der Waals surface area contributed by atoms with E-state index in [2.05, 4.69) is 20.5 Å². The molecule has 3 aromatic carbocycles. The van der Waals surface area contributed by atoms with E-state index in [1.165, 1.54) is 0 Å². The monoisotopic (exact) mass is 447 g/mol. The van der Waals surface area contributed by atoms with E-state index in [1.807, 2.05) is 90.7 Å². The van der Waals surface area contributed by atoms with E-state index in [4.69, 9.17) is 4.98 Å². The molecule has 1 aliphatic heterocycles. The van der Waals surface area contributed by atoms with E-state index in [0.717, 1.165) is 28.0 Å². The maximum atomic E-state index is 13.6. The van der Waals surface area contributed by atoms with Crippen molar-refractivity contribution in [1.82, 2.24) is 20.2 Å². The van der Waals surface area contributed by atoms with Crippen LogP contribution in [0, 0.1) is 0 Å². The number of fused-ring (bicyclic) bond motifs is 2. The predicted molar refractivity (Wildman–Crippen MR) is 133 cm³/mol. The number of carbonyl (C=O) groups is 1. The van der Waals surface area contributed by atoms with Gasteiger partial charge in [0.05, 0.1) is 17.9 Å². The molecule has 2 aromatic heterocycles. The van der Waals surface area contributed by atoms with Crippen molar-refractivity contribution in [2.24, 2.45) is 0 Å². The number of nitrogens with one attached hydrogen (secondary N) is 2. The van der Waals surface area contributed by atoms with E-state index >= 15 is 0 Å². The standard InChI is InChI=1S/C26H21N7O/c1-17-25(34)33(21-10-6-3-7-11-21)23-16-27-26(29-19-12-13-22-18(14-19)15-28-31-22)30-24(23)32(17)20-8-4-2-5-9-20/h2-17H,1H3,(H,28,31)(H,27,29,30). The van der Waals surface area contributed by atoms with Crippen molar-refractivity contribution in [3.8, 4) is 0 Å².